The molecule has 0 unspecified atom stereocenters. The third-order valence-electron chi connectivity index (χ3n) is 3.73. The van der Waals surface area contributed by atoms with Crippen LogP contribution in [0.4, 0.5) is 5.69 Å². The minimum Gasteiger partial charge on any atom is -0.493 e. The van der Waals surface area contributed by atoms with Gasteiger partial charge in [0.05, 0.1) is 24.3 Å². The first-order valence-corrected chi connectivity index (χ1v) is 9.07. The minimum atomic E-state index is -0.324. The summed E-state index contributed by atoms with van der Waals surface area (Å²) in [5.74, 6) is 0.485. The van der Waals surface area contributed by atoms with Crippen LogP contribution in [0, 0.1) is 0 Å². The van der Waals surface area contributed by atoms with Crippen LogP contribution in [0.15, 0.2) is 36.4 Å². The molecule has 0 aliphatic heterocycles. The van der Waals surface area contributed by atoms with Gasteiger partial charge in [-0.05, 0) is 49.7 Å². The van der Waals surface area contributed by atoms with Gasteiger partial charge in [0, 0.05) is 17.8 Å². The van der Waals surface area contributed by atoms with Crippen molar-refractivity contribution in [1.82, 2.24) is 5.32 Å². The largest absolute Gasteiger partial charge is 0.493 e. The second-order valence-corrected chi connectivity index (χ2v) is 6.11. The molecule has 0 saturated heterocycles. The van der Waals surface area contributed by atoms with Crippen molar-refractivity contribution in [1.29, 1.82) is 0 Å². The zero-order valence-corrected chi connectivity index (χ0v) is 16.4. The van der Waals surface area contributed by atoms with Crippen LogP contribution in [-0.4, -0.2) is 32.1 Å². The molecule has 2 rings (SSSR count). The van der Waals surface area contributed by atoms with Crippen LogP contribution in [0.25, 0.3) is 0 Å². The molecular weight excluding hydrogens is 368 g/mol. The third kappa shape index (κ3) is 5.37. The summed E-state index contributed by atoms with van der Waals surface area (Å²) in [5, 5.41) is 5.80. The summed E-state index contributed by atoms with van der Waals surface area (Å²) < 4.78 is 10.7. The van der Waals surface area contributed by atoms with Crippen molar-refractivity contribution in [2.45, 2.75) is 20.3 Å². The van der Waals surface area contributed by atoms with E-state index >= 15 is 0 Å². The molecule has 0 radical (unpaired) electrons. The number of benzene rings is 2. The number of rotatable bonds is 8. The van der Waals surface area contributed by atoms with Crippen molar-refractivity contribution in [2.75, 3.05) is 25.6 Å². The Morgan fingerprint density at radius 1 is 1.04 bits per heavy atom. The molecule has 2 N–H and O–H groups in total. The van der Waals surface area contributed by atoms with Crippen LogP contribution in [-0.2, 0) is 0 Å². The van der Waals surface area contributed by atoms with Crippen LogP contribution >= 0.6 is 11.6 Å². The first kappa shape index (κ1) is 20.6. The summed E-state index contributed by atoms with van der Waals surface area (Å²) in [4.78, 5) is 24.5. The number of ether oxygens (including phenoxy) is 2. The van der Waals surface area contributed by atoms with Gasteiger partial charge in [0.25, 0.3) is 11.8 Å². The Kier molecular flexibility index (Phi) is 7.49. The van der Waals surface area contributed by atoms with Crippen LogP contribution in [0.2, 0.25) is 5.02 Å². The lowest BCUT2D eigenvalue weighted by Gasteiger charge is -2.12. The number of carbonyl (C=O) groups excluding carboxylic acids is 2. The van der Waals surface area contributed by atoms with Gasteiger partial charge in [-0.15, -0.1) is 0 Å². The lowest BCUT2D eigenvalue weighted by atomic mass is 10.1. The second kappa shape index (κ2) is 9.83. The Morgan fingerprint density at radius 3 is 2.44 bits per heavy atom. The summed E-state index contributed by atoms with van der Waals surface area (Å²) in [6.45, 7) is 4.91. The van der Waals surface area contributed by atoms with E-state index in [-0.39, 0.29) is 16.8 Å². The average molecular weight is 391 g/mol. The molecule has 0 aliphatic rings. The van der Waals surface area contributed by atoms with Gasteiger partial charge in [-0.2, -0.15) is 0 Å². The summed E-state index contributed by atoms with van der Waals surface area (Å²) >= 11 is 6.19. The number of hydrogen-bond acceptors (Lipinski definition) is 4. The van der Waals surface area contributed by atoms with Crippen molar-refractivity contribution in [2.24, 2.45) is 0 Å². The van der Waals surface area contributed by atoms with E-state index < -0.39 is 0 Å². The molecule has 7 heteroatoms. The fourth-order valence-electron chi connectivity index (χ4n) is 2.40. The van der Waals surface area contributed by atoms with Gasteiger partial charge >= 0.3 is 0 Å². The van der Waals surface area contributed by atoms with E-state index in [1.54, 1.807) is 36.4 Å². The molecule has 0 aromatic heterocycles. The zero-order valence-electron chi connectivity index (χ0n) is 15.6. The molecule has 27 heavy (non-hydrogen) atoms. The summed E-state index contributed by atoms with van der Waals surface area (Å²) in [5.41, 5.74) is 1.27. The highest BCUT2D eigenvalue weighted by Crippen LogP contribution is 2.28. The number of carbonyl (C=O) groups is 2. The second-order valence-electron chi connectivity index (χ2n) is 5.70. The standard InChI is InChI=1S/C20H23ClN2O4/c1-4-10-22-20(25)15-8-7-14(12-16(15)21)23-19(24)13-6-9-17(27-5-2)18(11-13)26-3/h6-9,11-12H,4-5,10H2,1-3H3,(H,22,25)(H,23,24). The molecule has 0 bridgehead atoms. The van der Waals surface area contributed by atoms with E-state index in [1.807, 2.05) is 13.8 Å². The van der Waals surface area contributed by atoms with Crippen molar-refractivity contribution < 1.29 is 19.1 Å². The van der Waals surface area contributed by atoms with Crippen molar-refractivity contribution in [3.63, 3.8) is 0 Å². The third-order valence-corrected chi connectivity index (χ3v) is 4.05. The number of amides is 2. The number of anilines is 1. The molecule has 0 aliphatic carbocycles. The van der Waals surface area contributed by atoms with Gasteiger partial charge in [0.2, 0.25) is 0 Å². The normalized spacial score (nSPS) is 10.2. The summed E-state index contributed by atoms with van der Waals surface area (Å²) in [7, 11) is 1.52. The molecular formula is C20H23ClN2O4. The predicted molar refractivity (Wildman–Crippen MR) is 106 cm³/mol. The topological polar surface area (TPSA) is 76.7 Å². The van der Waals surface area contributed by atoms with Gasteiger partial charge in [-0.3, -0.25) is 9.59 Å². The molecule has 0 fully saturated rings. The van der Waals surface area contributed by atoms with Crippen LogP contribution < -0.4 is 20.1 Å². The maximum absolute atomic E-state index is 12.5. The number of halogens is 1. The van der Waals surface area contributed by atoms with E-state index in [1.165, 1.54) is 7.11 Å². The maximum atomic E-state index is 12.5. The molecule has 0 heterocycles. The monoisotopic (exact) mass is 390 g/mol. The van der Waals surface area contributed by atoms with Crippen molar-refractivity contribution in [3.8, 4) is 11.5 Å². The first-order chi connectivity index (χ1) is 13.0. The minimum absolute atomic E-state index is 0.240. The Balaban J connectivity index is 2.14. The number of nitrogens with one attached hydrogen (secondary N) is 2. The van der Waals surface area contributed by atoms with Gasteiger partial charge < -0.3 is 20.1 Å². The zero-order chi connectivity index (χ0) is 19.8. The van der Waals surface area contributed by atoms with Gasteiger partial charge in [0.1, 0.15) is 0 Å². The smallest absolute Gasteiger partial charge is 0.255 e. The van der Waals surface area contributed by atoms with Gasteiger partial charge in [0.15, 0.2) is 11.5 Å². The molecule has 0 saturated carbocycles. The van der Waals surface area contributed by atoms with Crippen molar-refractivity contribution >= 4 is 29.1 Å². The maximum Gasteiger partial charge on any atom is 0.255 e. The first-order valence-electron chi connectivity index (χ1n) is 8.70. The Bertz CT molecular complexity index is 824. The van der Waals surface area contributed by atoms with E-state index in [4.69, 9.17) is 21.1 Å². The molecule has 6 nitrogen and oxygen atoms in total. The fraction of sp³-hybridized carbons (Fsp3) is 0.300. The lowest BCUT2D eigenvalue weighted by molar-refractivity contribution is 0.0953. The lowest BCUT2D eigenvalue weighted by Crippen LogP contribution is -2.24. The Labute approximate surface area is 163 Å². The van der Waals surface area contributed by atoms with Crippen LogP contribution in [0.3, 0.4) is 0 Å². The van der Waals surface area contributed by atoms with Gasteiger partial charge in [-0.1, -0.05) is 18.5 Å². The van der Waals surface area contributed by atoms with Gasteiger partial charge in [-0.25, -0.2) is 0 Å². The fourth-order valence-corrected chi connectivity index (χ4v) is 2.66. The molecule has 2 aromatic rings. The SMILES string of the molecule is CCCNC(=O)c1ccc(NC(=O)c2ccc(OCC)c(OC)c2)cc1Cl. The molecule has 2 aromatic carbocycles. The molecule has 144 valence electrons. The molecule has 0 atom stereocenters. The van der Waals surface area contributed by atoms with E-state index in [0.717, 1.165) is 6.42 Å². The number of hydrogen-bond donors (Lipinski definition) is 2. The van der Waals surface area contributed by atoms with E-state index in [0.29, 0.717) is 41.5 Å². The van der Waals surface area contributed by atoms with Crippen LogP contribution in [0.5, 0.6) is 11.5 Å². The highest BCUT2D eigenvalue weighted by molar-refractivity contribution is 6.34. The summed E-state index contributed by atoms with van der Waals surface area (Å²) in [6, 6.07) is 9.71. The van der Waals surface area contributed by atoms with E-state index in [2.05, 4.69) is 10.6 Å². The summed E-state index contributed by atoms with van der Waals surface area (Å²) in [6.07, 6.45) is 0.836. The Morgan fingerprint density at radius 2 is 1.81 bits per heavy atom. The Hall–Kier alpha value is -2.73. The average Bonchev–Trinajstić information content (AvgIpc) is 2.66. The van der Waals surface area contributed by atoms with Crippen LogP contribution in [0.1, 0.15) is 41.0 Å². The highest BCUT2D eigenvalue weighted by Gasteiger charge is 2.14. The molecule has 0 spiro atoms. The van der Waals surface area contributed by atoms with E-state index in [9.17, 15) is 9.59 Å². The highest BCUT2D eigenvalue weighted by atomic mass is 35.5. The number of methoxy groups -OCH3 is 1. The quantitative estimate of drug-likeness (QED) is 0.710. The predicted octanol–water partition coefficient (Wildman–Crippen LogP) is 4.14. The molecule has 2 amide bonds. The van der Waals surface area contributed by atoms with Crippen molar-refractivity contribution in [3.05, 3.63) is 52.5 Å².